The number of oxime groups is 1. The summed E-state index contributed by atoms with van der Waals surface area (Å²) in [6.07, 6.45) is 8.02. The second-order valence-electron chi connectivity index (χ2n) is 2.71. The first-order chi connectivity index (χ1) is 5.40. The fraction of sp³-hybridized carbons (Fsp3) is 0.375. The summed E-state index contributed by atoms with van der Waals surface area (Å²) in [7, 11) is 0. The van der Waals surface area contributed by atoms with Gasteiger partial charge in [-0.1, -0.05) is 17.3 Å². The van der Waals surface area contributed by atoms with Crippen molar-refractivity contribution in [2.75, 3.05) is 6.54 Å². The molecule has 11 heavy (non-hydrogen) atoms. The molecule has 3 heteroatoms. The van der Waals surface area contributed by atoms with E-state index in [9.17, 15) is 0 Å². The van der Waals surface area contributed by atoms with Crippen LogP contribution in [0.15, 0.2) is 29.0 Å². The first kappa shape index (κ1) is 6.61. The lowest BCUT2D eigenvalue weighted by atomic mass is 9.95. The maximum atomic E-state index is 5.48. The molecule has 0 radical (unpaired) electrons. The van der Waals surface area contributed by atoms with E-state index in [-0.39, 0.29) is 6.10 Å². The van der Waals surface area contributed by atoms with Crippen molar-refractivity contribution in [1.29, 1.82) is 0 Å². The van der Waals surface area contributed by atoms with E-state index in [0.717, 1.165) is 5.57 Å². The predicted molar refractivity (Wildman–Crippen MR) is 43.1 cm³/mol. The maximum absolute atomic E-state index is 5.48. The van der Waals surface area contributed by atoms with Gasteiger partial charge in [-0.05, 0) is 11.6 Å². The first-order valence-corrected chi connectivity index (χ1v) is 3.68. The summed E-state index contributed by atoms with van der Waals surface area (Å²) in [4.78, 5) is 5.05. The van der Waals surface area contributed by atoms with Gasteiger partial charge in [0, 0.05) is 6.54 Å². The fourth-order valence-corrected chi connectivity index (χ4v) is 1.29. The minimum absolute atomic E-state index is 0.116. The van der Waals surface area contributed by atoms with Gasteiger partial charge < -0.3 is 10.6 Å². The van der Waals surface area contributed by atoms with Crippen molar-refractivity contribution in [3.63, 3.8) is 0 Å². The molecule has 0 fully saturated rings. The Morgan fingerprint density at radius 2 is 2.55 bits per heavy atom. The number of hydrogen-bond donors (Lipinski definition) is 1. The lowest BCUT2D eigenvalue weighted by Crippen LogP contribution is -2.18. The second-order valence-corrected chi connectivity index (χ2v) is 2.71. The van der Waals surface area contributed by atoms with Crippen molar-refractivity contribution in [2.45, 2.75) is 6.10 Å². The van der Waals surface area contributed by atoms with Crippen LogP contribution in [-0.2, 0) is 4.84 Å². The highest BCUT2D eigenvalue weighted by Gasteiger charge is 2.24. The normalized spacial score (nSPS) is 33.0. The summed E-state index contributed by atoms with van der Waals surface area (Å²) < 4.78 is 0. The molecule has 1 heterocycles. The van der Waals surface area contributed by atoms with E-state index in [4.69, 9.17) is 10.6 Å². The summed E-state index contributed by atoms with van der Waals surface area (Å²) in [5.41, 5.74) is 6.64. The van der Waals surface area contributed by atoms with Gasteiger partial charge in [-0.25, -0.2) is 0 Å². The molecule has 0 aromatic rings. The molecule has 0 amide bonds. The monoisotopic (exact) mass is 150 g/mol. The maximum Gasteiger partial charge on any atom is 0.157 e. The zero-order chi connectivity index (χ0) is 7.68. The van der Waals surface area contributed by atoms with Crippen LogP contribution in [0.3, 0.4) is 0 Å². The molecule has 0 aromatic carbocycles. The average Bonchev–Trinajstić information content (AvgIpc) is 2.50. The van der Waals surface area contributed by atoms with Crippen LogP contribution in [0.25, 0.3) is 0 Å². The van der Waals surface area contributed by atoms with Crippen LogP contribution in [0.2, 0.25) is 0 Å². The Kier molecular flexibility index (Phi) is 1.51. The third-order valence-corrected chi connectivity index (χ3v) is 1.94. The lowest BCUT2D eigenvalue weighted by molar-refractivity contribution is 0.105. The van der Waals surface area contributed by atoms with Crippen molar-refractivity contribution in [1.82, 2.24) is 0 Å². The fourth-order valence-electron chi connectivity index (χ4n) is 1.29. The average molecular weight is 150 g/mol. The van der Waals surface area contributed by atoms with E-state index in [2.05, 4.69) is 11.2 Å². The second kappa shape index (κ2) is 2.51. The summed E-state index contributed by atoms with van der Waals surface area (Å²) in [5.74, 6) is 0.304. The van der Waals surface area contributed by atoms with Crippen molar-refractivity contribution < 1.29 is 4.84 Å². The SMILES string of the molecule is NCC1=CC2C=NOC2C=C1. The van der Waals surface area contributed by atoms with Crippen LogP contribution in [0.4, 0.5) is 0 Å². The number of fused-ring (bicyclic) bond motifs is 1. The molecule has 2 aliphatic rings. The Labute approximate surface area is 65.2 Å². The molecule has 0 bridgehead atoms. The van der Waals surface area contributed by atoms with Crippen LogP contribution in [0, 0.1) is 5.92 Å². The smallest absolute Gasteiger partial charge is 0.157 e. The molecule has 1 aliphatic carbocycles. The van der Waals surface area contributed by atoms with E-state index < -0.39 is 0 Å². The molecule has 3 nitrogen and oxygen atoms in total. The Hall–Kier alpha value is -1.09. The van der Waals surface area contributed by atoms with Gasteiger partial charge >= 0.3 is 0 Å². The molecule has 0 aromatic heterocycles. The van der Waals surface area contributed by atoms with Crippen LogP contribution in [0.5, 0.6) is 0 Å². The topological polar surface area (TPSA) is 47.6 Å². The standard InChI is InChI=1S/C8H10N2O/c9-4-6-1-2-8-7(3-6)5-10-11-8/h1-3,5,7-8H,4,9H2. The highest BCUT2D eigenvalue weighted by Crippen LogP contribution is 2.22. The van der Waals surface area contributed by atoms with Crippen LogP contribution in [0.1, 0.15) is 0 Å². The summed E-state index contributed by atoms with van der Waals surface area (Å²) in [6.45, 7) is 0.591. The van der Waals surface area contributed by atoms with E-state index in [1.807, 2.05) is 18.4 Å². The molecule has 2 unspecified atom stereocenters. The third kappa shape index (κ3) is 1.07. The van der Waals surface area contributed by atoms with E-state index in [1.54, 1.807) is 0 Å². The lowest BCUT2D eigenvalue weighted by Gasteiger charge is -2.14. The van der Waals surface area contributed by atoms with Crippen LogP contribution in [-0.4, -0.2) is 18.9 Å². The van der Waals surface area contributed by atoms with Gasteiger partial charge in [-0.3, -0.25) is 0 Å². The van der Waals surface area contributed by atoms with Crippen LogP contribution >= 0.6 is 0 Å². The zero-order valence-electron chi connectivity index (χ0n) is 6.10. The molecular weight excluding hydrogens is 140 g/mol. The minimum Gasteiger partial charge on any atom is -0.388 e. The molecule has 0 saturated carbocycles. The van der Waals surface area contributed by atoms with Gasteiger partial charge in [-0.15, -0.1) is 0 Å². The largest absolute Gasteiger partial charge is 0.388 e. The molecule has 0 saturated heterocycles. The molecule has 2 rings (SSSR count). The molecule has 0 spiro atoms. The number of nitrogens with two attached hydrogens (primary N) is 1. The number of rotatable bonds is 1. The predicted octanol–water partition coefficient (Wildman–Crippen LogP) is 0.442. The minimum atomic E-state index is 0.116. The highest BCUT2D eigenvalue weighted by molar-refractivity contribution is 5.67. The van der Waals surface area contributed by atoms with Crippen LogP contribution < -0.4 is 5.73 Å². The quantitative estimate of drug-likeness (QED) is 0.589. The molecule has 58 valence electrons. The highest BCUT2D eigenvalue weighted by atomic mass is 16.6. The molecular formula is C8H10N2O. The third-order valence-electron chi connectivity index (χ3n) is 1.94. The van der Waals surface area contributed by atoms with Crippen molar-refractivity contribution in [2.24, 2.45) is 16.8 Å². The van der Waals surface area contributed by atoms with Crippen molar-refractivity contribution in [3.05, 3.63) is 23.8 Å². The Bertz CT molecular complexity index is 242. The Morgan fingerprint density at radius 1 is 1.64 bits per heavy atom. The molecule has 1 aliphatic heterocycles. The molecule has 2 N–H and O–H groups in total. The number of nitrogens with zero attached hydrogens (tertiary/aromatic N) is 1. The van der Waals surface area contributed by atoms with Gasteiger partial charge in [0.25, 0.3) is 0 Å². The first-order valence-electron chi connectivity index (χ1n) is 3.68. The van der Waals surface area contributed by atoms with E-state index in [1.165, 1.54) is 0 Å². The summed E-state index contributed by atoms with van der Waals surface area (Å²) in [5, 5.41) is 3.73. The van der Waals surface area contributed by atoms with Crippen molar-refractivity contribution in [3.8, 4) is 0 Å². The Balaban J connectivity index is 2.19. The number of hydrogen-bond acceptors (Lipinski definition) is 3. The van der Waals surface area contributed by atoms with Gasteiger partial charge in [0.2, 0.25) is 0 Å². The molecule has 2 atom stereocenters. The van der Waals surface area contributed by atoms with Gasteiger partial charge in [-0.2, -0.15) is 0 Å². The van der Waals surface area contributed by atoms with Gasteiger partial charge in [0.15, 0.2) is 6.10 Å². The van der Waals surface area contributed by atoms with E-state index in [0.29, 0.717) is 12.5 Å². The van der Waals surface area contributed by atoms with Crippen molar-refractivity contribution >= 4 is 6.21 Å². The summed E-state index contributed by atoms with van der Waals surface area (Å²) in [6, 6.07) is 0. The van der Waals surface area contributed by atoms with Gasteiger partial charge in [0.05, 0.1) is 12.1 Å². The summed E-state index contributed by atoms with van der Waals surface area (Å²) >= 11 is 0. The zero-order valence-corrected chi connectivity index (χ0v) is 6.10. The van der Waals surface area contributed by atoms with Gasteiger partial charge in [0.1, 0.15) is 0 Å². The van der Waals surface area contributed by atoms with E-state index >= 15 is 0 Å². The Morgan fingerprint density at radius 3 is 3.36 bits per heavy atom.